The van der Waals surface area contributed by atoms with Gasteiger partial charge in [-0.25, -0.2) is 0 Å². The van der Waals surface area contributed by atoms with Crippen molar-refractivity contribution in [2.45, 2.75) is 96.8 Å². The maximum atomic E-state index is 12.7. The Balaban J connectivity index is 1.50. The first-order valence-electron chi connectivity index (χ1n) is 11.7. The summed E-state index contributed by atoms with van der Waals surface area (Å²) < 4.78 is 0. The summed E-state index contributed by atoms with van der Waals surface area (Å²) in [4.78, 5) is 25.1. The third kappa shape index (κ3) is 5.55. The highest BCUT2D eigenvalue weighted by Crippen LogP contribution is 2.37. The Morgan fingerprint density at radius 3 is 2.07 bits per heavy atom. The second kappa shape index (κ2) is 10.4. The molecule has 0 aromatic heterocycles. The minimum atomic E-state index is -0.346. The smallest absolute Gasteiger partial charge is 0.147 e. The number of ketones is 2. The lowest BCUT2D eigenvalue weighted by atomic mass is 9.76. The first-order chi connectivity index (χ1) is 13.6. The highest BCUT2D eigenvalue weighted by atomic mass is 16.1. The van der Waals surface area contributed by atoms with E-state index in [1.807, 2.05) is 0 Å². The molecule has 0 heterocycles. The van der Waals surface area contributed by atoms with Crippen LogP contribution in [0, 0.1) is 17.8 Å². The summed E-state index contributed by atoms with van der Waals surface area (Å²) in [5.41, 5.74) is 2.50. The second-order valence-corrected chi connectivity index (χ2v) is 9.35. The quantitative estimate of drug-likeness (QED) is 0.471. The summed E-state index contributed by atoms with van der Waals surface area (Å²) in [6, 6.07) is 8.71. The number of Topliss-reactive ketones (excluding diaryl/α,β-unsaturated/α-hetero) is 2. The number of rotatable bonds is 8. The SMILES string of the molecule is CCCC1CCC(C(=O)Cc2ccc([C@H]3CC[C@H](CCC)CC3)cc2)C(=O)C1. The van der Waals surface area contributed by atoms with E-state index in [-0.39, 0.29) is 17.5 Å². The number of hydrogen-bond donors (Lipinski definition) is 0. The fourth-order valence-corrected chi connectivity index (χ4v) is 5.51. The topological polar surface area (TPSA) is 34.1 Å². The van der Waals surface area contributed by atoms with Crippen LogP contribution in [0.25, 0.3) is 0 Å². The monoisotopic (exact) mass is 382 g/mol. The molecule has 0 radical (unpaired) electrons. The Hall–Kier alpha value is -1.44. The van der Waals surface area contributed by atoms with Crippen LogP contribution in [0.3, 0.4) is 0 Å². The van der Waals surface area contributed by atoms with Gasteiger partial charge in [-0.1, -0.05) is 63.8 Å². The van der Waals surface area contributed by atoms with Crippen molar-refractivity contribution in [1.29, 1.82) is 0 Å². The Kier molecular flexibility index (Phi) is 7.88. The molecule has 0 spiro atoms. The lowest BCUT2D eigenvalue weighted by Crippen LogP contribution is -2.32. The molecule has 0 bridgehead atoms. The molecule has 28 heavy (non-hydrogen) atoms. The largest absolute Gasteiger partial charge is 0.299 e. The van der Waals surface area contributed by atoms with Crippen molar-refractivity contribution in [2.75, 3.05) is 0 Å². The summed E-state index contributed by atoms with van der Waals surface area (Å²) in [5, 5.41) is 0. The lowest BCUT2D eigenvalue weighted by Gasteiger charge is -2.28. The van der Waals surface area contributed by atoms with Crippen LogP contribution in [-0.2, 0) is 16.0 Å². The number of carbonyl (C=O) groups excluding carboxylic acids is 2. The van der Waals surface area contributed by atoms with Crippen molar-refractivity contribution in [3.63, 3.8) is 0 Å². The Bertz CT molecular complexity index is 637. The van der Waals surface area contributed by atoms with Crippen LogP contribution in [-0.4, -0.2) is 11.6 Å². The van der Waals surface area contributed by atoms with Gasteiger partial charge in [-0.15, -0.1) is 0 Å². The maximum Gasteiger partial charge on any atom is 0.147 e. The molecule has 3 rings (SSSR count). The second-order valence-electron chi connectivity index (χ2n) is 9.35. The fourth-order valence-electron chi connectivity index (χ4n) is 5.51. The molecule has 2 saturated carbocycles. The molecule has 2 fully saturated rings. The van der Waals surface area contributed by atoms with Crippen LogP contribution in [0.4, 0.5) is 0 Å². The standard InChI is InChI=1S/C26H38O2/c1-3-5-19-7-12-22(13-8-19)23-14-9-21(10-15-23)18-26(28)24-16-11-20(6-4-2)17-25(24)27/h9-10,14-15,19-20,22,24H,3-8,11-13,16-18H2,1-2H3/t19-,20?,22-,24?. The van der Waals surface area contributed by atoms with Gasteiger partial charge in [-0.2, -0.15) is 0 Å². The molecule has 0 amide bonds. The zero-order chi connectivity index (χ0) is 19.9. The molecule has 2 atom stereocenters. The molecule has 0 N–H and O–H groups in total. The van der Waals surface area contributed by atoms with Gasteiger partial charge in [0.2, 0.25) is 0 Å². The van der Waals surface area contributed by atoms with Crippen LogP contribution in [0.15, 0.2) is 24.3 Å². The van der Waals surface area contributed by atoms with Crippen LogP contribution in [0.5, 0.6) is 0 Å². The highest BCUT2D eigenvalue weighted by Gasteiger charge is 2.32. The van der Waals surface area contributed by atoms with Crippen molar-refractivity contribution in [3.8, 4) is 0 Å². The Labute approximate surface area is 171 Å². The van der Waals surface area contributed by atoms with Crippen LogP contribution in [0.2, 0.25) is 0 Å². The first-order valence-corrected chi connectivity index (χ1v) is 11.7. The molecule has 2 nitrogen and oxygen atoms in total. The van der Waals surface area contributed by atoms with Crippen molar-refractivity contribution >= 4 is 11.6 Å². The van der Waals surface area contributed by atoms with Gasteiger partial charge in [0.15, 0.2) is 0 Å². The average molecular weight is 383 g/mol. The summed E-state index contributed by atoms with van der Waals surface area (Å²) in [7, 11) is 0. The van der Waals surface area contributed by atoms with E-state index in [0.29, 0.717) is 24.7 Å². The molecule has 2 heteroatoms. The molecule has 154 valence electrons. The van der Waals surface area contributed by atoms with E-state index < -0.39 is 0 Å². The molecule has 0 aliphatic heterocycles. The maximum absolute atomic E-state index is 12.7. The predicted octanol–water partition coefficient (Wildman–Crippen LogP) is 6.66. The van der Waals surface area contributed by atoms with E-state index >= 15 is 0 Å². The minimum absolute atomic E-state index is 0.132. The number of carbonyl (C=O) groups is 2. The highest BCUT2D eigenvalue weighted by molar-refractivity contribution is 6.03. The van der Waals surface area contributed by atoms with Gasteiger partial charge in [0, 0.05) is 12.8 Å². The lowest BCUT2D eigenvalue weighted by molar-refractivity contribution is -0.135. The third-order valence-electron chi connectivity index (χ3n) is 7.20. The summed E-state index contributed by atoms with van der Waals surface area (Å²) in [6.07, 6.45) is 13.1. The van der Waals surface area contributed by atoms with Crippen LogP contribution >= 0.6 is 0 Å². The number of benzene rings is 1. The van der Waals surface area contributed by atoms with E-state index in [4.69, 9.17) is 0 Å². The van der Waals surface area contributed by atoms with Gasteiger partial charge in [-0.3, -0.25) is 9.59 Å². The third-order valence-corrected chi connectivity index (χ3v) is 7.20. The molecular weight excluding hydrogens is 344 g/mol. The van der Waals surface area contributed by atoms with E-state index in [1.54, 1.807) is 0 Å². The van der Waals surface area contributed by atoms with Crippen molar-refractivity contribution in [3.05, 3.63) is 35.4 Å². The summed E-state index contributed by atoms with van der Waals surface area (Å²) in [6.45, 7) is 4.46. The van der Waals surface area contributed by atoms with Gasteiger partial charge in [0.05, 0.1) is 5.92 Å². The molecule has 2 unspecified atom stereocenters. The van der Waals surface area contributed by atoms with E-state index in [1.165, 1.54) is 44.1 Å². The zero-order valence-electron chi connectivity index (χ0n) is 17.9. The summed E-state index contributed by atoms with van der Waals surface area (Å²) in [5.74, 6) is 2.11. The zero-order valence-corrected chi connectivity index (χ0v) is 17.9. The Morgan fingerprint density at radius 2 is 1.46 bits per heavy atom. The molecule has 1 aromatic carbocycles. The van der Waals surface area contributed by atoms with Gasteiger partial charge >= 0.3 is 0 Å². The first kappa shape index (κ1) is 21.3. The molecule has 2 aliphatic rings. The van der Waals surface area contributed by atoms with Crippen molar-refractivity contribution in [1.82, 2.24) is 0 Å². The van der Waals surface area contributed by atoms with E-state index in [2.05, 4.69) is 38.1 Å². The van der Waals surface area contributed by atoms with Crippen LogP contribution < -0.4 is 0 Å². The molecular formula is C26H38O2. The van der Waals surface area contributed by atoms with Gasteiger partial charge in [-0.05, 0) is 67.4 Å². The van der Waals surface area contributed by atoms with Crippen molar-refractivity contribution in [2.24, 2.45) is 17.8 Å². The molecule has 1 aromatic rings. The molecule has 0 saturated heterocycles. The van der Waals surface area contributed by atoms with Gasteiger partial charge < -0.3 is 0 Å². The van der Waals surface area contributed by atoms with Gasteiger partial charge in [0.25, 0.3) is 0 Å². The normalized spacial score (nSPS) is 28.3. The van der Waals surface area contributed by atoms with E-state index in [9.17, 15) is 9.59 Å². The number of hydrogen-bond acceptors (Lipinski definition) is 2. The Morgan fingerprint density at radius 1 is 0.857 bits per heavy atom. The van der Waals surface area contributed by atoms with Crippen molar-refractivity contribution < 1.29 is 9.59 Å². The summed E-state index contributed by atoms with van der Waals surface area (Å²) >= 11 is 0. The van der Waals surface area contributed by atoms with Crippen LogP contribution in [0.1, 0.15) is 102 Å². The predicted molar refractivity (Wildman–Crippen MR) is 116 cm³/mol. The van der Waals surface area contributed by atoms with E-state index in [0.717, 1.165) is 37.2 Å². The average Bonchev–Trinajstić information content (AvgIpc) is 2.70. The fraction of sp³-hybridized carbons (Fsp3) is 0.692. The van der Waals surface area contributed by atoms with Gasteiger partial charge in [0.1, 0.15) is 11.6 Å². The molecule has 2 aliphatic carbocycles. The minimum Gasteiger partial charge on any atom is -0.299 e.